The van der Waals surface area contributed by atoms with Crippen LogP contribution in [0.3, 0.4) is 0 Å². The van der Waals surface area contributed by atoms with Crippen LogP contribution in [-0.4, -0.2) is 59.0 Å². The summed E-state index contributed by atoms with van der Waals surface area (Å²) in [5.41, 5.74) is 3.33. The topological polar surface area (TPSA) is 71.5 Å². The fourth-order valence-corrected chi connectivity index (χ4v) is 4.23. The molecule has 2 aliphatic rings. The molecule has 1 aliphatic heterocycles. The summed E-state index contributed by atoms with van der Waals surface area (Å²) >= 11 is 0. The summed E-state index contributed by atoms with van der Waals surface area (Å²) in [5, 5.41) is 8.39. The van der Waals surface area contributed by atoms with Gasteiger partial charge in [0.15, 0.2) is 0 Å². The van der Waals surface area contributed by atoms with Gasteiger partial charge in [-0.15, -0.1) is 5.10 Å². The number of nitrogens with zero attached hydrogens (tertiary/aromatic N) is 5. The van der Waals surface area contributed by atoms with E-state index in [4.69, 9.17) is 9.72 Å². The van der Waals surface area contributed by atoms with Crippen LogP contribution in [0.5, 0.6) is 0 Å². The Bertz CT molecular complexity index is 812. The van der Waals surface area contributed by atoms with Crippen molar-refractivity contribution in [3.05, 3.63) is 36.0 Å². The van der Waals surface area contributed by atoms with E-state index in [1.165, 1.54) is 37.7 Å². The van der Waals surface area contributed by atoms with Crippen LogP contribution in [0.4, 0.5) is 10.7 Å². The lowest BCUT2D eigenvalue weighted by atomic mass is 9.84. The standard InChI is InChI=1S/C22H29N5O2/c1-2-29-22(28)27-14-12-26(13-15-27)21-24-20(16-23-25-21)19-10-8-18(9-11-19)17-6-4-3-5-7-17/h8-11,16-17H,2-7,12-15H2,1H3. The van der Waals surface area contributed by atoms with Gasteiger partial charge in [0.1, 0.15) is 0 Å². The second-order valence-electron chi connectivity index (χ2n) is 7.77. The van der Waals surface area contributed by atoms with Crippen molar-refractivity contribution in [3.63, 3.8) is 0 Å². The highest BCUT2D eigenvalue weighted by Gasteiger charge is 2.24. The van der Waals surface area contributed by atoms with Crippen molar-refractivity contribution >= 4 is 12.0 Å². The van der Waals surface area contributed by atoms with E-state index < -0.39 is 0 Å². The first-order valence-electron chi connectivity index (χ1n) is 10.7. The number of carbonyl (C=O) groups excluding carboxylic acids is 1. The zero-order valence-electron chi connectivity index (χ0n) is 17.1. The fraction of sp³-hybridized carbons (Fsp3) is 0.545. The summed E-state index contributed by atoms with van der Waals surface area (Å²) in [4.78, 5) is 20.4. The molecule has 1 aromatic carbocycles. The van der Waals surface area contributed by atoms with E-state index in [-0.39, 0.29) is 6.09 Å². The van der Waals surface area contributed by atoms with Crippen molar-refractivity contribution in [3.8, 4) is 11.3 Å². The summed E-state index contributed by atoms with van der Waals surface area (Å²) < 4.78 is 5.08. The average molecular weight is 396 g/mol. The van der Waals surface area contributed by atoms with Crippen LogP contribution in [0.25, 0.3) is 11.3 Å². The summed E-state index contributed by atoms with van der Waals surface area (Å²) in [7, 11) is 0. The number of anilines is 1. The van der Waals surface area contributed by atoms with E-state index in [2.05, 4.69) is 39.4 Å². The maximum Gasteiger partial charge on any atom is 0.409 e. The van der Waals surface area contributed by atoms with E-state index in [9.17, 15) is 4.79 Å². The third-order valence-electron chi connectivity index (χ3n) is 5.92. The number of rotatable bonds is 4. The van der Waals surface area contributed by atoms with E-state index in [0.717, 1.165) is 11.3 Å². The molecule has 1 saturated heterocycles. The van der Waals surface area contributed by atoms with Gasteiger partial charge in [-0.2, -0.15) is 5.10 Å². The minimum Gasteiger partial charge on any atom is -0.450 e. The summed E-state index contributed by atoms with van der Waals surface area (Å²) in [6.07, 6.45) is 8.13. The molecule has 0 radical (unpaired) electrons. The monoisotopic (exact) mass is 395 g/mol. The van der Waals surface area contributed by atoms with Crippen LogP contribution < -0.4 is 4.90 Å². The lowest BCUT2D eigenvalue weighted by Crippen LogP contribution is -2.49. The van der Waals surface area contributed by atoms with Gasteiger partial charge in [-0.1, -0.05) is 43.5 Å². The Labute approximate surface area is 172 Å². The first-order chi connectivity index (χ1) is 14.2. The van der Waals surface area contributed by atoms with E-state index >= 15 is 0 Å². The molecule has 2 heterocycles. The SMILES string of the molecule is CCOC(=O)N1CCN(c2nncc(-c3ccc(C4CCCCC4)cc3)n2)CC1. The van der Waals surface area contributed by atoms with E-state index in [1.807, 2.05) is 6.92 Å². The highest BCUT2D eigenvalue weighted by Crippen LogP contribution is 2.33. The minimum atomic E-state index is -0.252. The minimum absolute atomic E-state index is 0.252. The number of hydrogen-bond donors (Lipinski definition) is 0. The number of hydrogen-bond acceptors (Lipinski definition) is 6. The molecule has 1 aromatic heterocycles. The number of ether oxygens (including phenoxy) is 1. The van der Waals surface area contributed by atoms with Crippen LogP contribution in [-0.2, 0) is 4.74 Å². The van der Waals surface area contributed by atoms with Gasteiger partial charge in [-0.3, -0.25) is 0 Å². The molecule has 0 unspecified atom stereocenters. The zero-order valence-corrected chi connectivity index (χ0v) is 17.1. The van der Waals surface area contributed by atoms with Crippen molar-refractivity contribution in [2.45, 2.75) is 44.9 Å². The molecule has 1 aliphatic carbocycles. The molecule has 29 heavy (non-hydrogen) atoms. The molecule has 4 rings (SSSR count). The van der Waals surface area contributed by atoms with Gasteiger partial charge in [-0.05, 0) is 31.2 Å². The predicted octanol–water partition coefficient (Wildman–Crippen LogP) is 3.86. The molecule has 0 spiro atoms. The van der Waals surface area contributed by atoms with Gasteiger partial charge in [0.05, 0.1) is 18.5 Å². The number of carbonyl (C=O) groups is 1. The molecule has 1 amide bonds. The maximum atomic E-state index is 11.9. The van der Waals surface area contributed by atoms with Crippen LogP contribution in [0.15, 0.2) is 30.5 Å². The molecule has 0 atom stereocenters. The number of benzene rings is 1. The lowest BCUT2D eigenvalue weighted by molar-refractivity contribution is 0.105. The zero-order chi connectivity index (χ0) is 20.1. The second-order valence-corrected chi connectivity index (χ2v) is 7.77. The van der Waals surface area contributed by atoms with Gasteiger partial charge in [0, 0.05) is 31.7 Å². The quantitative estimate of drug-likeness (QED) is 0.783. The molecule has 7 heteroatoms. The molecular formula is C22H29N5O2. The number of aromatic nitrogens is 3. The Morgan fingerprint density at radius 3 is 2.48 bits per heavy atom. The Morgan fingerprint density at radius 2 is 1.79 bits per heavy atom. The molecule has 0 N–H and O–H groups in total. The maximum absolute atomic E-state index is 11.9. The average Bonchev–Trinajstić information content (AvgIpc) is 2.80. The summed E-state index contributed by atoms with van der Waals surface area (Å²) in [5.74, 6) is 1.31. The van der Waals surface area contributed by atoms with Crippen molar-refractivity contribution in [2.24, 2.45) is 0 Å². The molecular weight excluding hydrogens is 366 g/mol. The van der Waals surface area contributed by atoms with E-state index in [1.54, 1.807) is 11.1 Å². The Balaban J connectivity index is 1.42. The summed E-state index contributed by atoms with van der Waals surface area (Å²) in [6, 6.07) is 8.78. The van der Waals surface area contributed by atoms with Crippen LogP contribution in [0, 0.1) is 0 Å². The van der Waals surface area contributed by atoms with Crippen molar-refractivity contribution in [1.29, 1.82) is 0 Å². The van der Waals surface area contributed by atoms with E-state index in [0.29, 0.717) is 44.7 Å². The molecule has 2 aromatic rings. The van der Waals surface area contributed by atoms with Crippen molar-refractivity contribution in [1.82, 2.24) is 20.1 Å². The highest BCUT2D eigenvalue weighted by molar-refractivity contribution is 5.68. The van der Waals surface area contributed by atoms with Gasteiger partial charge in [-0.25, -0.2) is 9.78 Å². The predicted molar refractivity (Wildman–Crippen MR) is 112 cm³/mol. The molecule has 7 nitrogen and oxygen atoms in total. The third-order valence-corrected chi connectivity index (χ3v) is 5.92. The highest BCUT2D eigenvalue weighted by atomic mass is 16.6. The van der Waals surface area contributed by atoms with Gasteiger partial charge in [0.2, 0.25) is 5.95 Å². The van der Waals surface area contributed by atoms with Crippen molar-refractivity contribution < 1.29 is 9.53 Å². The van der Waals surface area contributed by atoms with Crippen LogP contribution >= 0.6 is 0 Å². The summed E-state index contributed by atoms with van der Waals surface area (Å²) in [6.45, 7) is 4.76. The largest absolute Gasteiger partial charge is 0.450 e. The van der Waals surface area contributed by atoms with Crippen LogP contribution in [0.1, 0.15) is 50.5 Å². The molecule has 2 fully saturated rings. The molecule has 0 bridgehead atoms. The first-order valence-corrected chi connectivity index (χ1v) is 10.7. The number of amides is 1. The molecule has 154 valence electrons. The van der Waals surface area contributed by atoms with Gasteiger partial charge in [0.25, 0.3) is 0 Å². The third kappa shape index (κ3) is 4.66. The van der Waals surface area contributed by atoms with Gasteiger partial charge >= 0.3 is 6.09 Å². The first kappa shape index (κ1) is 19.6. The van der Waals surface area contributed by atoms with Gasteiger partial charge < -0.3 is 14.5 Å². The van der Waals surface area contributed by atoms with Crippen LogP contribution in [0.2, 0.25) is 0 Å². The Morgan fingerprint density at radius 1 is 1.07 bits per heavy atom. The Hall–Kier alpha value is -2.70. The second kappa shape index (κ2) is 9.20. The fourth-order valence-electron chi connectivity index (χ4n) is 4.23. The number of piperazine rings is 1. The lowest BCUT2D eigenvalue weighted by Gasteiger charge is -2.33. The smallest absolute Gasteiger partial charge is 0.409 e. The normalized spacial score (nSPS) is 18.0. The Kier molecular flexibility index (Phi) is 6.22. The van der Waals surface area contributed by atoms with Crippen molar-refractivity contribution in [2.75, 3.05) is 37.7 Å². The molecule has 1 saturated carbocycles.